The van der Waals surface area contributed by atoms with E-state index in [0.717, 1.165) is 12.1 Å². The molecule has 0 atom stereocenters. The van der Waals surface area contributed by atoms with Gasteiger partial charge in [-0.25, -0.2) is 12.8 Å². The van der Waals surface area contributed by atoms with E-state index in [4.69, 9.17) is 21.7 Å². The van der Waals surface area contributed by atoms with Crippen molar-refractivity contribution in [1.82, 2.24) is 0 Å². The van der Waals surface area contributed by atoms with E-state index in [-0.39, 0.29) is 17.7 Å². The lowest BCUT2D eigenvalue weighted by atomic mass is 10.1. The molecule has 0 heterocycles. The van der Waals surface area contributed by atoms with Crippen LogP contribution in [0.3, 0.4) is 0 Å². The van der Waals surface area contributed by atoms with Crippen LogP contribution in [0.4, 0.5) is 4.39 Å². The predicted octanol–water partition coefficient (Wildman–Crippen LogP) is 1.08. The Hall–Kier alpha value is -1.16. The largest absolute Gasteiger partial charge is 0.326 e. The molecule has 0 saturated carbocycles. The Labute approximate surface area is 90.5 Å². The number of halogens is 2. The maximum absolute atomic E-state index is 13.3. The van der Waals surface area contributed by atoms with Gasteiger partial charge in [-0.3, -0.25) is 0 Å². The van der Waals surface area contributed by atoms with Gasteiger partial charge >= 0.3 is 0 Å². The summed E-state index contributed by atoms with van der Waals surface area (Å²) in [4.78, 5) is -0.455. The molecule has 0 spiro atoms. The molecule has 0 fully saturated rings. The van der Waals surface area contributed by atoms with Gasteiger partial charge < -0.3 is 5.73 Å². The Morgan fingerprint density at radius 1 is 1.53 bits per heavy atom. The standard InChI is InChI=1S/C8H6ClFN2O2S/c9-15(13,14)8-2-5(3-11)1-7(10)6(8)4-12/h1-2H,4,12H2. The number of nitrogens with two attached hydrogens (primary N) is 1. The van der Waals surface area contributed by atoms with Crippen LogP contribution in [0, 0.1) is 17.1 Å². The first-order valence-corrected chi connectivity index (χ1v) is 6.08. The van der Waals surface area contributed by atoms with Crippen LogP contribution in [0.5, 0.6) is 0 Å². The van der Waals surface area contributed by atoms with Crippen molar-refractivity contribution in [3.63, 3.8) is 0 Å². The van der Waals surface area contributed by atoms with Crippen molar-refractivity contribution in [2.45, 2.75) is 11.4 Å². The molecule has 0 aliphatic carbocycles. The van der Waals surface area contributed by atoms with E-state index in [1.54, 1.807) is 6.07 Å². The third kappa shape index (κ3) is 2.45. The summed E-state index contributed by atoms with van der Waals surface area (Å²) in [6.07, 6.45) is 0. The van der Waals surface area contributed by atoms with Crippen LogP contribution >= 0.6 is 10.7 Å². The predicted molar refractivity (Wildman–Crippen MR) is 52.0 cm³/mol. The van der Waals surface area contributed by atoms with Crippen molar-refractivity contribution in [3.8, 4) is 6.07 Å². The number of hydrogen-bond donors (Lipinski definition) is 1. The Morgan fingerprint density at radius 3 is 2.53 bits per heavy atom. The molecule has 0 aliphatic heterocycles. The fourth-order valence-electron chi connectivity index (χ4n) is 1.09. The van der Waals surface area contributed by atoms with Crippen LogP contribution < -0.4 is 5.73 Å². The number of rotatable bonds is 2. The smallest absolute Gasteiger partial charge is 0.261 e. The first kappa shape index (κ1) is 11.9. The second-order valence-electron chi connectivity index (χ2n) is 2.69. The maximum Gasteiger partial charge on any atom is 0.261 e. The number of hydrogen-bond acceptors (Lipinski definition) is 4. The Morgan fingerprint density at radius 2 is 2.13 bits per heavy atom. The third-order valence-electron chi connectivity index (χ3n) is 1.75. The molecule has 1 aromatic carbocycles. The molecule has 0 unspecified atom stereocenters. The Balaban J connectivity index is 3.63. The average molecular weight is 249 g/mol. The molecule has 7 heteroatoms. The zero-order valence-electron chi connectivity index (χ0n) is 7.37. The molecule has 0 saturated heterocycles. The molecule has 1 aromatic rings. The van der Waals surface area contributed by atoms with Crippen molar-refractivity contribution < 1.29 is 12.8 Å². The van der Waals surface area contributed by atoms with Crippen molar-refractivity contribution in [2.75, 3.05) is 0 Å². The SMILES string of the molecule is N#Cc1cc(F)c(CN)c(S(=O)(=O)Cl)c1. The van der Waals surface area contributed by atoms with E-state index in [9.17, 15) is 12.8 Å². The zero-order valence-corrected chi connectivity index (χ0v) is 8.94. The van der Waals surface area contributed by atoms with Crippen LogP contribution in [0.25, 0.3) is 0 Å². The summed E-state index contributed by atoms with van der Waals surface area (Å²) < 4.78 is 35.4. The first-order valence-electron chi connectivity index (χ1n) is 3.77. The van der Waals surface area contributed by atoms with E-state index < -0.39 is 19.8 Å². The minimum Gasteiger partial charge on any atom is -0.326 e. The quantitative estimate of drug-likeness (QED) is 0.794. The van der Waals surface area contributed by atoms with E-state index in [1.807, 2.05) is 0 Å². The highest BCUT2D eigenvalue weighted by Gasteiger charge is 2.19. The lowest BCUT2D eigenvalue weighted by molar-refractivity contribution is 0.590. The molecule has 0 amide bonds. The first-order chi connectivity index (χ1) is 6.90. The molecule has 2 N–H and O–H groups in total. The summed E-state index contributed by atoms with van der Waals surface area (Å²) in [7, 11) is 0.984. The van der Waals surface area contributed by atoms with Gasteiger partial charge in [0.2, 0.25) is 0 Å². The van der Waals surface area contributed by atoms with Crippen LogP contribution in [0.15, 0.2) is 17.0 Å². The zero-order chi connectivity index (χ0) is 11.6. The summed E-state index contributed by atoms with van der Waals surface area (Å²) in [5.41, 5.74) is 4.85. The van der Waals surface area contributed by atoms with Crippen LogP contribution in [0.1, 0.15) is 11.1 Å². The fraction of sp³-hybridized carbons (Fsp3) is 0.125. The minimum atomic E-state index is -4.10. The topological polar surface area (TPSA) is 83.9 Å². The van der Waals surface area contributed by atoms with Crippen molar-refractivity contribution >= 4 is 19.7 Å². The summed E-state index contributed by atoms with van der Waals surface area (Å²) >= 11 is 0. The van der Waals surface area contributed by atoms with Gasteiger partial charge in [-0.2, -0.15) is 5.26 Å². The van der Waals surface area contributed by atoms with Crippen LogP contribution in [0.2, 0.25) is 0 Å². The van der Waals surface area contributed by atoms with Gasteiger partial charge in [-0.1, -0.05) is 0 Å². The molecule has 0 bridgehead atoms. The summed E-state index contributed by atoms with van der Waals surface area (Å²) in [5.74, 6) is -0.851. The van der Waals surface area contributed by atoms with Crippen molar-refractivity contribution in [2.24, 2.45) is 5.73 Å². The summed E-state index contributed by atoms with van der Waals surface area (Å²) in [6.45, 7) is -0.307. The molecule has 0 aliphatic rings. The van der Waals surface area contributed by atoms with Gasteiger partial charge in [0, 0.05) is 22.8 Å². The number of nitriles is 1. The van der Waals surface area contributed by atoms with Crippen molar-refractivity contribution in [1.29, 1.82) is 5.26 Å². The van der Waals surface area contributed by atoms with Gasteiger partial charge in [0.15, 0.2) is 0 Å². The monoisotopic (exact) mass is 248 g/mol. The average Bonchev–Trinajstić information content (AvgIpc) is 2.15. The molecular weight excluding hydrogens is 243 g/mol. The fourth-order valence-corrected chi connectivity index (χ4v) is 2.25. The van der Waals surface area contributed by atoms with Gasteiger partial charge in [0.1, 0.15) is 5.82 Å². The molecule has 1 rings (SSSR count). The maximum atomic E-state index is 13.3. The van der Waals surface area contributed by atoms with Gasteiger partial charge in [-0.15, -0.1) is 0 Å². The van der Waals surface area contributed by atoms with Crippen LogP contribution in [-0.2, 0) is 15.6 Å². The number of nitrogens with zero attached hydrogens (tertiary/aromatic N) is 1. The molecule has 0 radical (unpaired) electrons. The lowest BCUT2D eigenvalue weighted by Crippen LogP contribution is -2.07. The van der Waals surface area contributed by atoms with E-state index in [0.29, 0.717) is 0 Å². The van der Waals surface area contributed by atoms with Gasteiger partial charge in [-0.05, 0) is 12.1 Å². The second kappa shape index (κ2) is 4.14. The summed E-state index contributed by atoms with van der Waals surface area (Å²) in [5, 5.41) is 8.53. The van der Waals surface area contributed by atoms with E-state index in [1.165, 1.54) is 0 Å². The van der Waals surface area contributed by atoms with Gasteiger partial charge in [0.05, 0.1) is 16.5 Å². The highest BCUT2D eigenvalue weighted by Crippen LogP contribution is 2.23. The second-order valence-corrected chi connectivity index (χ2v) is 5.22. The van der Waals surface area contributed by atoms with E-state index >= 15 is 0 Å². The summed E-state index contributed by atoms with van der Waals surface area (Å²) in [6, 6.07) is 3.53. The van der Waals surface area contributed by atoms with Crippen LogP contribution in [-0.4, -0.2) is 8.42 Å². The third-order valence-corrected chi connectivity index (χ3v) is 3.14. The molecular formula is C8H6ClFN2O2S. The normalized spacial score (nSPS) is 11.1. The molecule has 80 valence electrons. The van der Waals surface area contributed by atoms with E-state index in [2.05, 4.69) is 0 Å². The molecule has 0 aromatic heterocycles. The highest BCUT2D eigenvalue weighted by atomic mass is 35.7. The van der Waals surface area contributed by atoms with Gasteiger partial charge in [0.25, 0.3) is 9.05 Å². The minimum absolute atomic E-state index is 0.121. The van der Waals surface area contributed by atoms with Crippen molar-refractivity contribution in [3.05, 3.63) is 29.1 Å². The highest BCUT2D eigenvalue weighted by molar-refractivity contribution is 8.13. The molecule has 15 heavy (non-hydrogen) atoms. The lowest BCUT2D eigenvalue weighted by Gasteiger charge is -2.06. The Bertz CT molecular complexity index is 536. The molecule has 4 nitrogen and oxygen atoms in total. The Kier molecular flexibility index (Phi) is 3.29. The number of benzene rings is 1.